The van der Waals surface area contributed by atoms with Crippen molar-refractivity contribution >= 4 is 27.4 Å². The maximum atomic E-state index is 5.45. The molecule has 4 nitrogen and oxygen atoms in total. The Hall–Kier alpha value is -1.20. The number of aromatic nitrogens is 2. The fraction of sp³-hybridized carbons (Fsp3) is 0.500. The Morgan fingerprint density at radius 3 is 2.94 bits per heavy atom. The number of fused-ring (bicyclic) bond motifs is 1. The van der Waals surface area contributed by atoms with E-state index in [0.717, 1.165) is 42.0 Å². The lowest BCUT2D eigenvalue weighted by molar-refractivity contribution is 0.661. The van der Waals surface area contributed by atoms with Crippen molar-refractivity contribution in [2.24, 2.45) is 5.73 Å². The van der Waals surface area contributed by atoms with Gasteiger partial charge < -0.3 is 11.1 Å². The van der Waals surface area contributed by atoms with Crippen molar-refractivity contribution in [1.29, 1.82) is 0 Å². The van der Waals surface area contributed by atoms with Crippen LogP contribution in [0.1, 0.15) is 25.7 Å². The predicted octanol–water partition coefficient (Wildman–Crippen LogP) is 2.62. The zero-order valence-corrected chi connectivity index (χ0v) is 10.7. The highest BCUT2D eigenvalue weighted by atomic mass is 32.1. The molecule has 0 aliphatic carbocycles. The maximum Gasteiger partial charge on any atom is 0.138 e. The van der Waals surface area contributed by atoms with E-state index in [-0.39, 0.29) is 0 Å². The zero-order chi connectivity index (χ0) is 11.9. The number of rotatable bonds is 7. The summed E-state index contributed by atoms with van der Waals surface area (Å²) in [5, 5.41) is 6.55. The first kappa shape index (κ1) is 12.3. The third-order valence-electron chi connectivity index (χ3n) is 2.69. The van der Waals surface area contributed by atoms with Crippen LogP contribution in [0.25, 0.3) is 10.2 Å². The quantitative estimate of drug-likeness (QED) is 0.741. The summed E-state index contributed by atoms with van der Waals surface area (Å²) >= 11 is 1.65. The molecule has 0 saturated heterocycles. The standard InChI is InChI=1S/C12H18N4S/c13-6-3-1-2-4-7-14-11-10-5-8-17-12(10)16-9-15-11/h5,8-9H,1-4,6-7,13H2,(H,14,15,16). The lowest BCUT2D eigenvalue weighted by Gasteiger charge is -2.05. The van der Waals surface area contributed by atoms with Gasteiger partial charge in [-0.3, -0.25) is 0 Å². The average molecular weight is 250 g/mol. The molecule has 0 atom stereocenters. The largest absolute Gasteiger partial charge is 0.369 e. The minimum absolute atomic E-state index is 0.800. The van der Waals surface area contributed by atoms with E-state index >= 15 is 0 Å². The topological polar surface area (TPSA) is 63.8 Å². The Morgan fingerprint density at radius 2 is 2.06 bits per heavy atom. The molecule has 2 aromatic heterocycles. The van der Waals surface area contributed by atoms with Crippen LogP contribution < -0.4 is 11.1 Å². The van der Waals surface area contributed by atoms with Crippen LogP contribution in [0.4, 0.5) is 5.82 Å². The van der Waals surface area contributed by atoms with Gasteiger partial charge >= 0.3 is 0 Å². The number of unbranched alkanes of at least 4 members (excludes halogenated alkanes) is 3. The van der Waals surface area contributed by atoms with Gasteiger partial charge in [-0.2, -0.15) is 0 Å². The van der Waals surface area contributed by atoms with Gasteiger partial charge in [0.1, 0.15) is 17.0 Å². The third-order valence-corrected chi connectivity index (χ3v) is 3.51. The summed E-state index contributed by atoms with van der Waals surface area (Å²) in [5.41, 5.74) is 5.45. The summed E-state index contributed by atoms with van der Waals surface area (Å²) in [7, 11) is 0. The zero-order valence-electron chi connectivity index (χ0n) is 9.85. The van der Waals surface area contributed by atoms with Crippen LogP contribution in [-0.4, -0.2) is 23.1 Å². The van der Waals surface area contributed by atoms with Gasteiger partial charge in [0.15, 0.2) is 0 Å². The monoisotopic (exact) mass is 250 g/mol. The summed E-state index contributed by atoms with van der Waals surface area (Å²) in [4.78, 5) is 9.55. The van der Waals surface area contributed by atoms with Crippen LogP contribution in [0.5, 0.6) is 0 Å². The fourth-order valence-electron chi connectivity index (χ4n) is 1.76. The Bertz CT molecular complexity index is 454. The van der Waals surface area contributed by atoms with E-state index < -0.39 is 0 Å². The molecule has 0 aromatic carbocycles. The molecule has 5 heteroatoms. The molecule has 2 heterocycles. The van der Waals surface area contributed by atoms with E-state index in [1.807, 2.05) is 5.38 Å². The van der Waals surface area contributed by atoms with Crippen molar-refractivity contribution < 1.29 is 0 Å². The summed E-state index contributed by atoms with van der Waals surface area (Å²) < 4.78 is 0. The maximum absolute atomic E-state index is 5.45. The summed E-state index contributed by atoms with van der Waals surface area (Å²) in [6, 6.07) is 2.07. The molecule has 2 aromatic rings. The number of nitrogens with two attached hydrogens (primary N) is 1. The Balaban J connectivity index is 1.80. The molecule has 0 amide bonds. The van der Waals surface area contributed by atoms with Crippen LogP contribution in [0.3, 0.4) is 0 Å². The molecule has 3 N–H and O–H groups in total. The number of thiophene rings is 1. The SMILES string of the molecule is NCCCCCCNc1ncnc2sccc12. The highest BCUT2D eigenvalue weighted by molar-refractivity contribution is 7.16. The van der Waals surface area contributed by atoms with Gasteiger partial charge in [-0.25, -0.2) is 9.97 Å². The van der Waals surface area contributed by atoms with Crippen LogP contribution >= 0.6 is 11.3 Å². The summed E-state index contributed by atoms with van der Waals surface area (Å²) in [6.45, 7) is 1.77. The Kier molecular flexibility index (Phi) is 4.70. The molecular formula is C12H18N4S. The third kappa shape index (κ3) is 3.38. The smallest absolute Gasteiger partial charge is 0.138 e. The van der Waals surface area contributed by atoms with Crippen molar-refractivity contribution in [3.8, 4) is 0 Å². The van der Waals surface area contributed by atoms with Gasteiger partial charge in [0.05, 0.1) is 5.39 Å². The molecule has 0 fully saturated rings. The molecule has 17 heavy (non-hydrogen) atoms. The van der Waals surface area contributed by atoms with Crippen molar-refractivity contribution in [1.82, 2.24) is 9.97 Å². The van der Waals surface area contributed by atoms with Crippen LogP contribution in [0.15, 0.2) is 17.8 Å². The number of nitrogens with one attached hydrogen (secondary N) is 1. The van der Waals surface area contributed by atoms with E-state index in [2.05, 4.69) is 21.4 Å². The molecule has 0 bridgehead atoms. The van der Waals surface area contributed by atoms with Crippen molar-refractivity contribution in [3.05, 3.63) is 17.8 Å². The molecule has 0 aliphatic heterocycles. The van der Waals surface area contributed by atoms with Gasteiger partial charge in [0, 0.05) is 6.54 Å². The number of hydrogen-bond acceptors (Lipinski definition) is 5. The molecule has 0 aliphatic rings. The average Bonchev–Trinajstić information content (AvgIpc) is 2.82. The molecule has 2 rings (SSSR count). The van der Waals surface area contributed by atoms with E-state index in [0.29, 0.717) is 0 Å². The summed E-state index contributed by atoms with van der Waals surface area (Å²) in [5.74, 6) is 0.954. The lowest BCUT2D eigenvalue weighted by Crippen LogP contribution is -2.04. The highest BCUT2D eigenvalue weighted by Gasteiger charge is 2.03. The molecular weight excluding hydrogens is 232 g/mol. The minimum Gasteiger partial charge on any atom is -0.369 e. The molecule has 0 saturated carbocycles. The van der Waals surface area contributed by atoms with E-state index in [1.165, 1.54) is 12.8 Å². The Labute approximate surface area is 105 Å². The van der Waals surface area contributed by atoms with Gasteiger partial charge in [0.25, 0.3) is 0 Å². The van der Waals surface area contributed by atoms with Crippen LogP contribution in [0, 0.1) is 0 Å². The van der Waals surface area contributed by atoms with Crippen LogP contribution in [-0.2, 0) is 0 Å². The first-order chi connectivity index (χ1) is 8.42. The number of nitrogens with zero attached hydrogens (tertiary/aromatic N) is 2. The highest BCUT2D eigenvalue weighted by Crippen LogP contribution is 2.23. The Morgan fingerprint density at radius 1 is 1.18 bits per heavy atom. The van der Waals surface area contributed by atoms with E-state index in [1.54, 1.807) is 17.7 Å². The molecule has 0 unspecified atom stereocenters. The van der Waals surface area contributed by atoms with E-state index in [9.17, 15) is 0 Å². The minimum atomic E-state index is 0.800. The lowest BCUT2D eigenvalue weighted by atomic mass is 10.2. The van der Waals surface area contributed by atoms with Crippen molar-refractivity contribution in [2.45, 2.75) is 25.7 Å². The van der Waals surface area contributed by atoms with Gasteiger partial charge in [-0.15, -0.1) is 11.3 Å². The van der Waals surface area contributed by atoms with Crippen molar-refractivity contribution in [3.63, 3.8) is 0 Å². The normalized spacial score (nSPS) is 10.9. The van der Waals surface area contributed by atoms with Crippen LogP contribution in [0.2, 0.25) is 0 Å². The number of anilines is 1. The number of hydrogen-bond donors (Lipinski definition) is 2. The second-order valence-corrected chi connectivity index (χ2v) is 4.89. The molecule has 92 valence electrons. The second kappa shape index (κ2) is 6.51. The predicted molar refractivity (Wildman–Crippen MR) is 73.4 cm³/mol. The van der Waals surface area contributed by atoms with Gasteiger partial charge in [0.2, 0.25) is 0 Å². The second-order valence-electron chi connectivity index (χ2n) is 3.99. The van der Waals surface area contributed by atoms with Crippen molar-refractivity contribution in [2.75, 3.05) is 18.4 Å². The van der Waals surface area contributed by atoms with E-state index in [4.69, 9.17) is 5.73 Å². The first-order valence-corrected chi connectivity index (χ1v) is 6.92. The summed E-state index contributed by atoms with van der Waals surface area (Å²) in [6.07, 6.45) is 6.35. The molecule has 0 spiro atoms. The fourth-order valence-corrected chi connectivity index (χ4v) is 2.49. The first-order valence-electron chi connectivity index (χ1n) is 6.04. The molecule has 0 radical (unpaired) electrons. The van der Waals surface area contributed by atoms with Gasteiger partial charge in [-0.1, -0.05) is 12.8 Å². The van der Waals surface area contributed by atoms with Gasteiger partial charge in [-0.05, 0) is 30.8 Å².